The number of hydrogen-bond acceptors (Lipinski definition) is 2. The monoisotopic (exact) mass is 275 g/mol. The zero-order valence-electron chi connectivity index (χ0n) is 9.04. The van der Waals surface area contributed by atoms with Gasteiger partial charge >= 0.3 is 5.97 Å². The quantitative estimate of drug-likeness (QED) is 0.888. The fourth-order valence-corrected chi connectivity index (χ4v) is 1.98. The van der Waals surface area contributed by atoms with Crippen LogP contribution < -0.4 is 5.32 Å². The topological polar surface area (TPSA) is 66.4 Å². The first-order valence-electron chi connectivity index (χ1n) is 4.84. The Labute approximate surface area is 109 Å². The molecule has 4 nitrogen and oxygen atoms in total. The van der Waals surface area contributed by atoms with Gasteiger partial charge in [0.15, 0.2) is 0 Å². The molecule has 0 aliphatic carbocycles. The predicted molar refractivity (Wildman–Crippen MR) is 65.3 cm³/mol. The van der Waals surface area contributed by atoms with Crippen LogP contribution in [0.25, 0.3) is 0 Å². The molecule has 6 heteroatoms. The summed E-state index contributed by atoms with van der Waals surface area (Å²) >= 11 is 11.7. The second-order valence-electron chi connectivity index (χ2n) is 3.52. The van der Waals surface area contributed by atoms with Crippen molar-refractivity contribution in [3.05, 3.63) is 33.8 Å². The number of rotatable bonds is 4. The Morgan fingerprint density at radius 1 is 1.41 bits per heavy atom. The maximum absolute atomic E-state index is 11.0. The van der Waals surface area contributed by atoms with Crippen molar-refractivity contribution in [2.75, 3.05) is 0 Å². The molecular formula is C11H11Cl2NO3. The molecule has 1 aromatic rings. The first-order valence-corrected chi connectivity index (χ1v) is 5.59. The summed E-state index contributed by atoms with van der Waals surface area (Å²) in [5.41, 5.74) is 0.536. The minimum absolute atomic E-state index is 0.235. The molecule has 2 N–H and O–H groups in total. The van der Waals surface area contributed by atoms with Gasteiger partial charge in [0.25, 0.3) is 0 Å². The van der Waals surface area contributed by atoms with Crippen molar-refractivity contribution in [1.82, 2.24) is 5.32 Å². The number of aliphatic carboxylic acids is 1. The van der Waals surface area contributed by atoms with E-state index in [2.05, 4.69) is 5.32 Å². The Balaban J connectivity index is 3.02. The van der Waals surface area contributed by atoms with Crippen molar-refractivity contribution in [2.24, 2.45) is 0 Å². The summed E-state index contributed by atoms with van der Waals surface area (Å²) in [5.74, 6) is -1.34. The van der Waals surface area contributed by atoms with Crippen LogP contribution in [0.4, 0.5) is 0 Å². The molecule has 0 fully saturated rings. The molecule has 0 bridgehead atoms. The number of amides is 1. The molecule has 1 atom stereocenters. The summed E-state index contributed by atoms with van der Waals surface area (Å²) in [5, 5.41) is 12.1. The number of hydrogen-bond donors (Lipinski definition) is 2. The molecule has 0 radical (unpaired) electrons. The van der Waals surface area contributed by atoms with E-state index >= 15 is 0 Å². The Morgan fingerprint density at radius 3 is 2.53 bits per heavy atom. The largest absolute Gasteiger partial charge is 0.481 e. The minimum atomic E-state index is -1.02. The summed E-state index contributed by atoms with van der Waals surface area (Å²) in [7, 11) is 0. The van der Waals surface area contributed by atoms with Crippen LogP contribution in [-0.2, 0) is 9.59 Å². The van der Waals surface area contributed by atoms with Crippen molar-refractivity contribution < 1.29 is 14.7 Å². The van der Waals surface area contributed by atoms with Gasteiger partial charge in [-0.3, -0.25) is 9.59 Å². The lowest BCUT2D eigenvalue weighted by Crippen LogP contribution is -2.28. The van der Waals surface area contributed by atoms with E-state index in [1.165, 1.54) is 13.0 Å². The lowest BCUT2D eigenvalue weighted by atomic mass is 10.0. The van der Waals surface area contributed by atoms with Gasteiger partial charge in [0.2, 0.25) is 5.91 Å². The number of carbonyl (C=O) groups excluding carboxylic acids is 1. The highest BCUT2D eigenvalue weighted by atomic mass is 35.5. The van der Waals surface area contributed by atoms with Crippen LogP contribution in [0.3, 0.4) is 0 Å². The maximum Gasteiger partial charge on any atom is 0.305 e. The van der Waals surface area contributed by atoms with E-state index in [-0.39, 0.29) is 12.3 Å². The number of carboxylic acids is 1. The second kappa shape index (κ2) is 5.89. The normalized spacial score (nSPS) is 11.9. The zero-order valence-corrected chi connectivity index (χ0v) is 10.5. The standard InChI is InChI=1S/C11H11Cl2NO3/c1-6(15)14-10(5-11(16)17)8-3-2-7(12)4-9(8)13/h2-4,10H,5H2,1H3,(H,14,15)(H,16,17)/t10-/m1/s1. The first kappa shape index (κ1) is 13.8. The molecule has 1 rings (SSSR count). The molecule has 0 unspecified atom stereocenters. The van der Waals surface area contributed by atoms with E-state index in [0.717, 1.165) is 0 Å². The van der Waals surface area contributed by atoms with Gasteiger partial charge in [0, 0.05) is 17.0 Å². The Kier molecular flexibility index (Phi) is 4.78. The van der Waals surface area contributed by atoms with Gasteiger partial charge in [-0.05, 0) is 17.7 Å². The smallest absolute Gasteiger partial charge is 0.305 e. The molecule has 0 saturated heterocycles. The van der Waals surface area contributed by atoms with Gasteiger partial charge in [-0.2, -0.15) is 0 Å². The molecule has 92 valence electrons. The van der Waals surface area contributed by atoms with Crippen LogP contribution in [0.15, 0.2) is 18.2 Å². The highest BCUT2D eigenvalue weighted by Gasteiger charge is 2.19. The number of nitrogens with one attached hydrogen (secondary N) is 1. The van der Waals surface area contributed by atoms with Crippen molar-refractivity contribution in [3.63, 3.8) is 0 Å². The molecule has 1 aromatic carbocycles. The lowest BCUT2D eigenvalue weighted by molar-refractivity contribution is -0.137. The number of carbonyl (C=O) groups is 2. The van der Waals surface area contributed by atoms with Gasteiger partial charge in [0.05, 0.1) is 12.5 Å². The molecule has 0 spiro atoms. The lowest BCUT2D eigenvalue weighted by Gasteiger charge is -2.17. The van der Waals surface area contributed by atoms with Gasteiger partial charge in [-0.15, -0.1) is 0 Å². The summed E-state index contributed by atoms with van der Waals surface area (Å²) in [6, 6.07) is 4.05. The average Bonchev–Trinajstić information content (AvgIpc) is 2.14. The SMILES string of the molecule is CC(=O)N[C@H](CC(=O)O)c1ccc(Cl)cc1Cl. The van der Waals surface area contributed by atoms with Crippen LogP contribution in [0, 0.1) is 0 Å². The number of carboxylic acid groups (broad SMARTS) is 1. The Morgan fingerprint density at radius 2 is 2.06 bits per heavy atom. The van der Waals surface area contributed by atoms with E-state index in [1.54, 1.807) is 12.1 Å². The second-order valence-corrected chi connectivity index (χ2v) is 4.36. The van der Waals surface area contributed by atoms with Crippen molar-refractivity contribution in [1.29, 1.82) is 0 Å². The highest BCUT2D eigenvalue weighted by molar-refractivity contribution is 6.35. The molecule has 1 amide bonds. The van der Waals surface area contributed by atoms with Crippen LogP contribution in [0.1, 0.15) is 24.9 Å². The minimum Gasteiger partial charge on any atom is -0.481 e. The number of benzene rings is 1. The van der Waals surface area contributed by atoms with Crippen LogP contribution in [0.5, 0.6) is 0 Å². The van der Waals surface area contributed by atoms with Crippen LogP contribution >= 0.6 is 23.2 Å². The third-order valence-electron chi connectivity index (χ3n) is 2.09. The van der Waals surface area contributed by atoms with Gasteiger partial charge in [-0.1, -0.05) is 29.3 Å². The molecule has 0 aromatic heterocycles. The third-order valence-corrected chi connectivity index (χ3v) is 2.66. The molecule has 17 heavy (non-hydrogen) atoms. The molecule has 0 saturated carbocycles. The molecule has 0 aliphatic heterocycles. The summed E-state index contributed by atoms with van der Waals surface area (Å²) in [6.07, 6.45) is -0.235. The fourth-order valence-electron chi connectivity index (χ4n) is 1.44. The van der Waals surface area contributed by atoms with E-state index < -0.39 is 12.0 Å². The predicted octanol–water partition coefficient (Wildman–Crippen LogP) is 2.65. The van der Waals surface area contributed by atoms with E-state index in [1.807, 2.05) is 0 Å². The van der Waals surface area contributed by atoms with Gasteiger partial charge in [0.1, 0.15) is 0 Å². The molecule has 0 heterocycles. The van der Waals surface area contributed by atoms with Crippen molar-refractivity contribution in [3.8, 4) is 0 Å². The molecule has 0 aliphatic rings. The number of halogens is 2. The third kappa shape index (κ3) is 4.24. The summed E-state index contributed by atoms with van der Waals surface area (Å²) in [6.45, 7) is 1.32. The van der Waals surface area contributed by atoms with E-state index in [4.69, 9.17) is 28.3 Å². The van der Waals surface area contributed by atoms with Crippen molar-refractivity contribution >= 4 is 35.1 Å². The first-order chi connectivity index (χ1) is 7.90. The van der Waals surface area contributed by atoms with Crippen LogP contribution in [0.2, 0.25) is 10.0 Å². The van der Waals surface area contributed by atoms with E-state index in [0.29, 0.717) is 15.6 Å². The maximum atomic E-state index is 11.0. The fraction of sp³-hybridized carbons (Fsp3) is 0.273. The molecular weight excluding hydrogens is 265 g/mol. The zero-order chi connectivity index (χ0) is 13.0. The average molecular weight is 276 g/mol. The van der Waals surface area contributed by atoms with Crippen LogP contribution in [-0.4, -0.2) is 17.0 Å². The highest BCUT2D eigenvalue weighted by Crippen LogP contribution is 2.28. The van der Waals surface area contributed by atoms with Crippen molar-refractivity contribution in [2.45, 2.75) is 19.4 Å². The van der Waals surface area contributed by atoms with Gasteiger partial charge in [-0.25, -0.2) is 0 Å². The Bertz CT molecular complexity index is 432. The Hall–Kier alpha value is -1.26. The summed E-state index contributed by atoms with van der Waals surface area (Å²) in [4.78, 5) is 21.7. The van der Waals surface area contributed by atoms with Gasteiger partial charge < -0.3 is 10.4 Å². The van der Waals surface area contributed by atoms with E-state index in [9.17, 15) is 9.59 Å². The summed E-state index contributed by atoms with van der Waals surface area (Å²) < 4.78 is 0.